The normalized spacial score (nSPS) is 12.8. The van der Waals surface area contributed by atoms with Crippen LogP contribution < -0.4 is 10.1 Å². The van der Waals surface area contributed by atoms with Crippen LogP contribution in [0, 0.1) is 11.7 Å². The van der Waals surface area contributed by atoms with E-state index in [1.807, 2.05) is 18.9 Å². The van der Waals surface area contributed by atoms with Crippen LogP contribution in [0.15, 0.2) is 29.3 Å². The highest BCUT2D eigenvalue weighted by atomic mass is 19.1. The zero-order valence-corrected chi connectivity index (χ0v) is 15.7. The minimum Gasteiger partial charge on any atom is -0.489 e. The van der Waals surface area contributed by atoms with Crippen LogP contribution in [-0.4, -0.2) is 55.9 Å². The van der Waals surface area contributed by atoms with E-state index in [9.17, 15) is 4.39 Å². The van der Waals surface area contributed by atoms with E-state index in [1.54, 1.807) is 18.2 Å². The van der Waals surface area contributed by atoms with Gasteiger partial charge in [-0.25, -0.2) is 4.39 Å². The number of likely N-dealkylation sites (N-methyl/N-ethyl adjacent to an activating group) is 1. The van der Waals surface area contributed by atoms with Crippen molar-refractivity contribution in [3.63, 3.8) is 0 Å². The van der Waals surface area contributed by atoms with E-state index in [1.165, 1.54) is 6.07 Å². The number of aliphatic imine (C=N–C) groups is 1. The summed E-state index contributed by atoms with van der Waals surface area (Å²) in [6.07, 6.45) is 2.92. The van der Waals surface area contributed by atoms with Gasteiger partial charge in [0.05, 0.1) is 6.54 Å². The van der Waals surface area contributed by atoms with Crippen molar-refractivity contribution in [3.05, 3.63) is 30.1 Å². The molecule has 142 valence electrons. The molecule has 25 heavy (non-hydrogen) atoms. The third-order valence-corrected chi connectivity index (χ3v) is 3.95. The average Bonchev–Trinajstić information content (AvgIpc) is 2.60. The number of benzene rings is 1. The molecule has 0 amide bonds. The molecule has 0 saturated carbocycles. The molecule has 1 unspecified atom stereocenters. The molecule has 0 radical (unpaired) electrons. The molecule has 6 heteroatoms. The van der Waals surface area contributed by atoms with Gasteiger partial charge in [-0.2, -0.15) is 0 Å². The second-order valence-electron chi connectivity index (χ2n) is 6.06. The summed E-state index contributed by atoms with van der Waals surface area (Å²) < 4.78 is 19.1. The third kappa shape index (κ3) is 8.20. The number of hydrogen-bond acceptors (Lipinski definition) is 3. The molecule has 0 fully saturated rings. The van der Waals surface area contributed by atoms with Crippen molar-refractivity contribution < 1.29 is 14.2 Å². The molecule has 0 spiro atoms. The number of nitrogens with one attached hydrogen (secondary N) is 1. The minimum atomic E-state index is -0.350. The van der Waals surface area contributed by atoms with Gasteiger partial charge in [-0.1, -0.05) is 25.5 Å². The van der Waals surface area contributed by atoms with E-state index >= 15 is 0 Å². The summed E-state index contributed by atoms with van der Waals surface area (Å²) in [5.41, 5.74) is 0. The number of aliphatic hydroxyl groups excluding tert-OH is 1. The summed E-state index contributed by atoms with van der Waals surface area (Å²) in [6, 6.07) is 6.41. The second-order valence-corrected chi connectivity index (χ2v) is 6.06. The third-order valence-electron chi connectivity index (χ3n) is 3.95. The Labute approximate surface area is 150 Å². The number of nitrogens with zero attached hydrogens (tertiary/aromatic N) is 2. The lowest BCUT2D eigenvalue weighted by Gasteiger charge is -2.23. The lowest BCUT2D eigenvalue weighted by molar-refractivity contribution is 0.252. The lowest BCUT2D eigenvalue weighted by atomic mass is 10.0. The van der Waals surface area contributed by atoms with E-state index in [4.69, 9.17) is 9.84 Å². The van der Waals surface area contributed by atoms with Gasteiger partial charge in [0, 0.05) is 26.7 Å². The highest BCUT2D eigenvalue weighted by molar-refractivity contribution is 5.79. The van der Waals surface area contributed by atoms with E-state index in [-0.39, 0.29) is 18.2 Å². The van der Waals surface area contributed by atoms with Gasteiger partial charge in [0.25, 0.3) is 0 Å². The van der Waals surface area contributed by atoms with Crippen LogP contribution in [0.3, 0.4) is 0 Å². The van der Waals surface area contributed by atoms with Crippen LogP contribution in [-0.2, 0) is 0 Å². The molecule has 5 nitrogen and oxygen atoms in total. The van der Waals surface area contributed by atoms with Gasteiger partial charge >= 0.3 is 0 Å². The van der Waals surface area contributed by atoms with Gasteiger partial charge in [-0.3, -0.25) is 4.99 Å². The number of halogens is 1. The van der Waals surface area contributed by atoms with Crippen molar-refractivity contribution in [2.24, 2.45) is 10.9 Å². The molecule has 0 aromatic heterocycles. The number of aliphatic hydroxyl groups is 1. The van der Waals surface area contributed by atoms with Gasteiger partial charge in [0.15, 0.2) is 17.5 Å². The first kappa shape index (κ1) is 21.2. The average molecular weight is 353 g/mol. The molecule has 0 saturated heterocycles. The van der Waals surface area contributed by atoms with Crippen LogP contribution in [0.2, 0.25) is 0 Å². The highest BCUT2D eigenvalue weighted by Gasteiger charge is 2.10. The first-order chi connectivity index (χ1) is 12.1. The molecule has 1 aromatic rings. The summed E-state index contributed by atoms with van der Waals surface area (Å²) in [5.74, 6) is 1.12. The molecule has 2 N–H and O–H groups in total. The van der Waals surface area contributed by atoms with E-state index in [0.717, 1.165) is 31.8 Å². The zero-order chi connectivity index (χ0) is 18.5. The molecular formula is C19H32FN3O2. The van der Waals surface area contributed by atoms with Gasteiger partial charge in [0.2, 0.25) is 0 Å². The first-order valence-corrected chi connectivity index (χ1v) is 9.09. The smallest absolute Gasteiger partial charge is 0.193 e. The topological polar surface area (TPSA) is 57.1 Å². The van der Waals surface area contributed by atoms with E-state index in [0.29, 0.717) is 25.6 Å². The molecule has 0 aliphatic carbocycles. The predicted octanol–water partition coefficient (Wildman–Crippen LogP) is 2.90. The van der Waals surface area contributed by atoms with Crippen LogP contribution >= 0.6 is 0 Å². The lowest BCUT2D eigenvalue weighted by Crippen LogP contribution is -2.41. The van der Waals surface area contributed by atoms with E-state index < -0.39 is 0 Å². The minimum absolute atomic E-state index is 0.197. The van der Waals surface area contributed by atoms with Crippen LogP contribution in [0.25, 0.3) is 0 Å². The van der Waals surface area contributed by atoms with Gasteiger partial charge in [-0.05, 0) is 37.8 Å². The summed E-state index contributed by atoms with van der Waals surface area (Å²) >= 11 is 0. The Morgan fingerprint density at radius 1 is 1.32 bits per heavy atom. The van der Waals surface area contributed by atoms with Gasteiger partial charge in [-0.15, -0.1) is 0 Å². The summed E-state index contributed by atoms with van der Waals surface area (Å²) in [4.78, 5) is 6.66. The maximum atomic E-state index is 13.6. The fraction of sp³-hybridized carbons (Fsp3) is 0.632. The van der Waals surface area contributed by atoms with Crippen molar-refractivity contribution in [1.29, 1.82) is 0 Å². The molecule has 0 heterocycles. The maximum absolute atomic E-state index is 13.6. The van der Waals surface area contributed by atoms with Crippen LogP contribution in [0.1, 0.15) is 33.1 Å². The van der Waals surface area contributed by atoms with Crippen molar-refractivity contribution in [2.45, 2.75) is 33.1 Å². The molecule has 0 aliphatic heterocycles. The largest absolute Gasteiger partial charge is 0.489 e. The fourth-order valence-corrected chi connectivity index (χ4v) is 2.56. The quantitative estimate of drug-likeness (QED) is 0.474. The van der Waals surface area contributed by atoms with Crippen LogP contribution in [0.4, 0.5) is 4.39 Å². The zero-order valence-electron chi connectivity index (χ0n) is 15.7. The molecule has 0 bridgehead atoms. The Morgan fingerprint density at radius 2 is 2.08 bits per heavy atom. The van der Waals surface area contributed by atoms with Gasteiger partial charge < -0.3 is 20.1 Å². The predicted molar refractivity (Wildman–Crippen MR) is 101 cm³/mol. The summed E-state index contributed by atoms with van der Waals surface area (Å²) in [7, 11) is 1.94. The monoisotopic (exact) mass is 353 g/mol. The van der Waals surface area contributed by atoms with Gasteiger partial charge in [0.1, 0.15) is 6.61 Å². The van der Waals surface area contributed by atoms with Crippen LogP contribution in [0.5, 0.6) is 5.75 Å². The molecular weight excluding hydrogens is 321 g/mol. The molecule has 0 aliphatic rings. The second kappa shape index (κ2) is 12.5. The number of hydrogen-bond donors (Lipinski definition) is 2. The summed E-state index contributed by atoms with van der Waals surface area (Å²) in [6.45, 7) is 6.80. The van der Waals surface area contributed by atoms with Crippen molar-refractivity contribution in [1.82, 2.24) is 10.2 Å². The number of rotatable bonds is 11. The first-order valence-electron chi connectivity index (χ1n) is 9.09. The molecule has 1 atom stereocenters. The SMILES string of the molecule is CCCC(CCO)CN=C(NCC)N(C)CCOc1ccccc1F. The number of para-hydroxylation sites is 1. The van der Waals surface area contributed by atoms with E-state index in [2.05, 4.69) is 17.2 Å². The fourth-order valence-electron chi connectivity index (χ4n) is 2.56. The maximum Gasteiger partial charge on any atom is 0.193 e. The van der Waals surface area contributed by atoms with Crippen molar-refractivity contribution in [2.75, 3.05) is 39.9 Å². The Bertz CT molecular complexity index is 505. The Hall–Kier alpha value is -1.82. The summed E-state index contributed by atoms with van der Waals surface area (Å²) in [5, 5.41) is 12.4. The number of guanidine groups is 1. The Kier molecular flexibility index (Phi) is 10.6. The van der Waals surface area contributed by atoms with Crippen molar-refractivity contribution in [3.8, 4) is 5.75 Å². The Balaban J connectivity index is 2.55. The number of ether oxygens (including phenoxy) is 1. The molecule has 1 aromatic carbocycles. The highest BCUT2D eigenvalue weighted by Crippen LogP contribution is 2.15. The standard InChI is InChI=1S/C19H32FN3O2/c1-4-8-16(11-13-24)15-22-19(21-5-2)23(3)12-14-25-18-10-7-6-9-17(18)20/h6-7,9-10,16,24H,4-5,8,11-15H2,1-3H3,(H,21,22). The Morgan fingerprint density at radius 3 is 2.72 bits per heavy atom. The molecule has 1 rings (SSSR count). The van der Waals surface area contributed by atoms with Crippen molar-refractivity contribution >= 4 is 5.96 Å².